The third kappa shape index (κ3) is 4.24. The molecule has 1 saturated heterocycles. The number of carbonyl (C=O) groups excluding carboxylic acids is 1. The summed E-state index contributed by atoms with van der Waals surface area (Å²) < 4.78 is 5.23. The number of anilines is 2. The van der Waals surface area contributed by atoms with Gasteiger partial charge in [-0.25, -0.2) is 0 Å². The highest BCUT2D eigenvalue weighted by Gasteiger charge is 2.28. The van der Waals surface area contributed by atoms with Gasteiger partial charge in [0.2, 0.25) is 0 Å². The Hall–Kier alpha value is -3.09. The molecule has 28 heavy (non-hydrogen) atoms. The standard InChI is InChI=1S/C21H25N3O4/c1-14-10-15(2)13-23(12-14)18-9-8-16(11-19(18)24(26)27)21(25)22-17-6-4-5-7-20(17)28-3/h4-9,11,14-15H,10,12-13H2,1-3H3,(H,22,25). The van der Waals surface area contributed by atoms with Crippen LogP contribution in [-0.2, 0) is 0 Å². The van der Waals surface area contributed by atoms with Gasteiger partial charge in [0.05, 0.1) is 17.7 Å². The minimum Gasteiger partial charge on any atom is -0.495 e. The zero-order valence-electron chi connectivity index (χ0n) is 16.3. The second-order valence-corrected chi connectivity index (χ2v) is 7.47. The molecule has 2 aromatic carbocycles. The molecule has 148 valence electrons. The summed E-state index contributed by atoms with van der Waals surface area (Å²) in [6.07, 6.45) is 1.11. The van der Waals surface area contributed by atoms with Gasteiger partial charge in [0.15, 0.2) is 0 Å². The van der Waals surface area contributed by atoms with Crippen LogP contribution in [0.1, 0.15) is 30.6 Å². The molecule has 1 aliphatic heterocycles. The molecule has 1 heterocycles. The summed E-state index contributed by atoms with van der Waals surface area (Å²) in [7, 11) is 1.52. The number of hydrogen-bond donors (Lipinski definition) is 1. The first-order chi connectivity index (χ1) is 13.4. The number of ether oxygens (including phenoxy) is 1. The van der Waals surface area contributed by atoms with E-state index in [-0.39, 0.29) is 11.3 Å². The van der Waals surface area contributed by atoms with Crippen molar-refractivity contribution in [2.75, 3.05) is 30.4 Å². The second kappa shape index (κ2) is 8.29. The van der Waals surface area contributed by atoms with Crippen molar-refractivity contribution >= 4 is 23.0 Å². The third-order valence-corrected chi connectivity index (χ3v) is 5.00. The van der Waals surface area contributed by atoms with Crippen molar-refractivity contribution in [3.05, 3.63) is 58.1 Å². The highest BCUT2D eigenvalue weighted by Crippen LogP contribution is 2.34. The second-order valence-electron chi connectivity index (χ2n) is 7.47. The van der Waals surface area contributed by atoms with Gasteiger partial charge >= 0.3 is 0 Å². The maximum absolute atomic E-state index is 12.6. The van der Waals surface area contributed by atoms with E-state index in [2.05, 4.69) is 24.1 Å². The Morgan fingerprint density at radius 1 is 1.18 bits per heavy atom. The smallest absolute Gasteiger partial charge is 0.293 e. The number of methoxy groups -OCH3 is 1. The number of rotatable bonds is 5. The molecule has 0 radical (unpaired) electrons. The number of nitro groups is 1. The predicted octanol–water partition coefficient (Wildman–Crippen LogP) is 4.34. The topological polar surface area (TPSA) is 84.7 Å². The van der Waals surface area contributed by atoms with Crippen molar-refractivity contribution in [2.45, 2.75) is 20.3 Å². The molecule has 2 atom stereocenters. The van der Waals surface area contributed by atoms with Crippen LogP contribution >= 0.6 is 0 Å². The average molecular weight is 383 g/mol. The van der Waals surface area contributed by atoms with Crippen molar-refractivity contribution < 1.29 is 14.5 Å². The Labute approximate surface area is 164 Å². The Balaban J connectivity index is 1.88. The molecule has 1 aliphatic rings. The molecule has 0 saturated carbocycles. The molecule has 0 bridgehead atoms. The van der Waals surface area contributed by atoms with Crippen LogP contribution in [0.4, 0.5) is 17.1 Å². The predicted molar refractivity (Wildman–Crippen MR) is 109 cm³/mol. The lowest BCUT2D eigenvalue weighted by atomic mass is 9.91. The number of carbonyl (C=O) groups is 1. The lowest BCUT2D eigenvalue weighted by Gasteiger charge is -2.36. The zero-order valence-corrected chi connectivity index (χ0v) is 16.3. The van der Waals surface area contributed by atoms with Crippen LogP contribution in [0.25, 0.3) is 0 Å². The summed E-state index contributed by atoms with van der Waals surface area (Å²) in [5.41, 5.74) is 1.27. The summed E-state index contributed by atoms with van der Waals surface area (Å²) >= 11 is 0. The van der Waals surface area contributed by atoms with Crippen molar-refractivity contribution in [1.82, 2.24) is 0 Å². The first-order valence-corrected chi connectivity index (χ1v) is 9.36. The number of piperidine rings is 1. The van der Waals surface area contributed by atoms with Crippen LogP contribution in [0, 0.1) is 22.0 Å². The monoisotopic (exact) mass is 383 g/mol. The van der Waals surface area contributed by atoms with Crippen LogP contribution in [0.15, 0.2) is 42.5 Å². The molecule has 7 heteroatoms. The minimum absolute atomic E-state index is 0.0472. The highest BCUT2D eigenvalue weighted by molar-refractivity contribution is 6.05. The molecule has 1 N–H and O–H groups in total. The van der Waals surface area contributed by atoms with E-state index in [4.69, 9.17) is 4.74 Å². The average Bonchev–Trinajstić information content (AvgIpc) is 2.67. The normalized spacial score (nSPS) is 19.2. The van der Waals surface area contributed by atoms with Crippen molar-refractivity contribution in [1.29, 1.82) is 0 Å². The fraction of sp³-hybridized carbons (Fsp3) is 0.381. The van der Waals surface area contributed by atoms with Gasteiger partial charge in [-0.2, -0.15) is 0 Å². The van der Waals surface area contributed by atoms with Crippen LogP contribution in [0.5, 0.6) is 5.75 Å². The van der Waals surface area contributed by atoms with Crippen molar-refractivity contribution in [2.24, 2.45) is 11.8 Å². The lowest BCUT2D eigenvalue weighted by Crippen LogP contribution is -2.39. The number of para-hydroxylation sites is 2. The fourth-order valence-corrected chi connectivity index (χ4v) is 3.88. The van der Waals surface area contributed by atoms with Gasteiger partial charge < -0.3 is 15.0 Å². The largest absolute Gasteiger partial charge is 0.495 e. The molecule has 1 fully saturated rings. The van der Waals surface area contributed by atoms with Gasteiger partial charge in [-0.15, -0.1) is 0 Å². The fourth-order valence-electron chi connectivity index (χ4n) is 3.88. The quantitative estimate of drug-likeness (QED) is 0.613. The van der Waals surface area contributed by atoms with Crippen LogP contribution < -0.4 is 15.0 Å². The van der Waals surface area contributed by atoms with Gasteiger partial charge in [-0.1, -0.05) is 26.0 Å². The summed E-state index contributed by atoms with van der Waals surface area (Å²) in [5, 5.41) is 14.4. The first-order valence-electron chi connectivity index (χ1n) is 9.36. The van der Waals surface area contributed by atoms with Crippen molar-refractivity contribution in [3.8, 4) is 5.75 Å². The zero-order chi connectivity index (χ0) is 20.3. The number of amides is 1. The summed E-state index contributed by atoms with van der Waals surface area (Å²) in [5.74, 6) is 1.05. The van der Waals surface area contributed by atoms with E-state index in [1.54, 1.807) is 36.4 Å². The minimum atomic E-state index is -0.418. The van der Waals surface area contributed by atoms with E-state index in [9.17, 15) is 14.9 Å². The summed E-state index contributed by atoms with van der Waals surface area (Å²) in [6.45, 7) is 5.86. The number of hydrogen-bond acceptors (Lipinski definition) is 5. The maximum Gasteiger partial charge on any atom is 0.293 e. The molecule has 0 aliphatic carbocycles. The van der Waals surface area contributed by atoms with Gasteiger partial charge in [0.25, 0.3) is 11.6 Å². The number of nitro benzene ring substituents is 1. The van der Waals surface area contributed by atoms with Crippen LogP contribution in [0.2, 0.25) is 0 Å². The van der Waals surface area contributed by atoms with Crippen LogP contribution in [-0.4, -0.2) is 31.0 Å². The molecular formula is C21H25N3O4. The first kappa shape index (κ1) is 19.7. The number of benzene rings is 2. The van der Waals surface area contributed by atoms with Gasteiger partial charge in [-0.05, 0) is 42.5 Å². The molecule has 2 aromatic rings. The van der Waals surface area contributed by atoms with Crippen molar-refractivity contribution in [3.63, 3.8) is 0 Å². The Morgan fingerprint density at radius 2 is 1.86 bits per heavy atom. The van der Waals surface area contributed by atoms with E-state index < -0.39 is 10.8 Å². The van der Waals surface area contributed by atoms with Gasteiger partial charge in [0.1, 0.15) is 11.4 Å². The maximum atomic E-state index is 12.6. The Kier molecular flexibility index (Phi) is 5.82. The Morgan fingerprint density at radius 3 is 2.50 bits per heavy atom. The summed E-state index contributed by atoms with van der Waals surface area (Å²) in [4.78, 5) is 26.0. The van der Waals surface area contributed by atoms with E-state index in [0.717, 1.165) is 19.5 Å². The van der Waals surface area contributed by atoms with E-state index in [0.29, 0.717) is 29.0 Å². The number of nitrogens with one attached hydrogen (secondary N) is 1. The molecule has 7 nitrogen and oxygen atoms in total. The van der Waals surface area contributed by atoms with Crippen LogP contribution in [0.3, 0.4) is 0 Å². The molecular weight excluding hydrogens is 358 g/mol. The summed E-state index contributed by atoms with van der Waals surface area (Å²) in [6, 6.07) is 11.7. The number of nitrogens with zero attached hydrogens (tertiary/aromatic N) is 2. The highest BCUT2D eigenvalue weighted by atomic mass is 16.6. The van der Waals surface area contributed by atoms with Gasteiger partial charge in [0, 0.05) is 24.7 Å². The molecule has 1 amide bonds. The van der Waals surface area contributed by atoms with Gasteiger partial charge in [-0.3, -0.25) is 14.9 Å². The van der Waals surface area contributed by atoms with E-state index in [1.807, 2.05) is 0 Å². The lowest BCUT2D eigenvalue weighted by molar-refractivity contribution is -0.384. The Bertz CT molecular complexity index is 874. The molecule has 3 rings (SSSR count). The van der Waals surface area contributed by atoms with E-state index in [1.165, 1.54) is 13.2 Å². The third-order valence-electron chi connectivity index (χ3n) is 5.00. The molecule has 2 unspecified atom stereocenters. The molecule has 0 spiro atoms. The van der Waals surface area contributed by atoms with E-state index >= 15 is 0 Å². The molecule has 0 aromatic heterocycles. The SMILES string of the molecule is COc1ccccc1NC(=O)c1ccc(N2CC(C)CC(C)C2)c([N+](=O)[O-])c1.